The van der Waals surface area contributed by atoms with Crippen LogP contribution in [0.1, 0.15) is 35.7 Å². The van der Waals surface area contributed by atoms with Gasteiger partial charge in [-0.15, -0.1) is 11.3 Å². The summed E-state index contributed by atoms with van der Waals surface area (Å²) in [5, 5.41) is 4.89. The quantitative estimate of drug-likeness (QED) is 0.245. The smallest absolute Gasteiger partial charge is 0.341 e. The van der Waals surface area contributed by atoms with E-state index in [0.29, 0.717) is 32.8 Å². The fourth-order valence-corrected chi connectivity index (χ4v) is 4.32. The number of amides is 1. The molecule has 3 rings (SSSR count). The number of anilines is 1. The first-order valence-corrected chi connectivity index (χ1v) is 10.7. The second-order valence-electron chi connectivity index (χ2n) is 6.25. The number of halogens is 2. The van der Waals surface area contributed by atoms with E-state index in [4.69, 9.17) is 27.9 Å². The number of hydrogen-bond donors (Lipinski definition) is 1. The van der Waals surface area contributed by atoms with Crippen LogP contribution >= 0.6 is 34.5 Å². The second-order valence-corrected chi connectivity index (χ2v) is 8.12. The van der Waals surface area contributed by atoms with Gasteiger partial charge in [-0.25, -0.2) is 4.79 Å². The highest BCUT2D eigenvalue weighted by Gasteiger charge is 2.21. The third-order valence-corrected chi connectivity index (χ3v) is 5.91. The molecule has 0 aliphatic heterocycles. The maximum atomic E-state index is 12.6. The molecule has 0 bridgehead atoms. The lowest BCUT2D eigenvalue weighted by molar-refractivity contribution is -0.111. The topological polar surface area (TPSA) is 55.4 Å². The van der Waals surface area contributed by atoms with Crippen LogP contribution in [0.15, 0.2) is 48.5 Å². The minimum absolute atomic E-state index is 0.345. The van der Waals surface area contributed by atoms with Gasteiger partial charge in [0.1, 0.15) is 10.6 Å². The van der Waals surface area contributed by atoms with Crippen LogP contribution in [-0.2, 0) is 9.53 Å². The van der Waals surface area contributed by atoms with Gasteiger partial charge in [-0.05, 0) is 30.7 Å². The van der Waals surface area contributed by atoms with Crippen molar-refractivity contribution < 1.29 is 14.3 Å². The molecule has 1 N–H and O–H groups in total. The van der Waals surface area contributed by atoms with Crippen molar-refractivity contribution in [3.05, 3.63) is 69.7 Å². The third kappa shape index (κ3) is 5.18. The van der Waals surface area contributed by atoms with Crippen molar-refractivity contribution in [2.24, 2.45) is 0 Å². The number of fused-ring (bicyclic) bond motifs is 1. The van der Waals surface area contributed by atoms with Crippen LogP contribution in [0.5, 0.6) is 0 Å². The predicted octanol–water partition coefficient (Wildman–Crippen LogP) is 6.82. The first-order valence-electron chi connectivity index (χ1n) is 9.13. The van der Waals surface area contributed by atoms with Gasteiger partial charge >= 0.3 is 5.97 Å². The van der Waals surface area contributed by atoms with Gasteiger partial charge < -0.3 is 10.1 Å². The summed E-state index contributed by atoms with van der Waals surface area (Å²) in [6.07, 6.45) is 4.60. The molecule has 1 aromatic heterocycles. The van der Waals surface area contributed by atoms with E-state index in [1.807, 2.05) is 31.2 Å². The Morgan fingerprint density at radius 2 is 1.83 bits per heavy atom. The normalized spacial score (nSPS) is 11.1. The molecule has 0 atom stereocenters. The van der Waals surface area contributed by atoms with Gasteiger partial charge in [0.25, 0.3) is 0 Å². The monoisotopic (exact) mass is 447 g/mol. The first-order chi connectivity index (χ1) is 14.0. The summed E-state index contributed by atoms with van der Waals surface area (Å²) in [7, 11) is 0. The van der Waals surface area contributed by atoms with Gasteiger partial charge in [0.15, 0.2) is 0 Å². The minimum atomic E-state index is -0.440. The third-order valence-electron chi connectivity index (χ3n) is 4.17. The largest absolute Gasteiger partial charge is 0.462 e. The molecule has 0 fully saturated rings. The number of thiophene rings is 1. The zero-order valence-corrected chi connectivity index (χ0v) is 18.0. The Labute approximate surface area is 183 Å². The van der Waals surface area contributed by atoms with Crippen molar-refractivity contribution in [3.63, 3.8) is 0 Å². The summed E-state index contributed by atoms with van der Waals surface area (Å²) in [6, 6.07) is 12.6. The summed E-state index contributed by atoms with van der Waals surface area (Å²) >= 11 is 13.6. The summed E-state index contributed by atoms with van der Waals surface area (Å²) in [4.78, 5) is 25.1. The fraction of sp³-hybridized carbons (Fsp3) is 0.182. The van der Waals surface area contributed by atoms with E-state index in [-0.39, 0.29) is 0 Å². The lowest BCUT2D eigenvalue weighted by atomic mass is 10.1. The first kappa shape index (κ1) is 21.4. The van der Waals surface area contributed by atoms with Crippen molar-refractivity contribution in [2.45, 2.75) is 19.8 Å². The molecule has 0 radical (unpaired) electrons. The molecule has 0 saturated heterocycles. The molecule has 2 aromatic carbocycles. The molecule has 150 valence electrons. The number of hydrogen-bond acceptors (Lipinski definition) is 4. The lowest BCUT2D eigenvalue weighted by Gasteiger charge is -2.06. The minimum Gasteiger partial charge on any atom is -0.462 e. The average Bonchev–Trinajstić information content (AvgIpc) is 3.05. The van der Waals surface area contributed by atoms with Crippen molar-refractivity contribution in [2.75, 3.05) is 11.9 Å². The zero-order valence-electron chi connectivity index (χ0n) is 15.7. The van der Waals surface area contributed by atoms with E-state index < -0.39 is 11.9 Å². The van der Waals surface area contributed by atoms with Crippen molar-refractivity contribution in [1.29, 1.82) is 0 Å². The summed E-state index contributed by atoms with van der Waals surface area (Å²) in [6.45, 7) is 2.37. The summed E-state index contributed by atoms with van der Waals surface area (Å²) in [5.74, 6) is -0.834. The van der Waals surface area contributed by atoms with Crippen molar-refractivity contribution >= 4 is 67.6 Å². The standard InChI is InChI=1S/C22H19Cl2NO3S/c1-2-3-13-28-22(27)20-15-7-4-5-10-18(15)29-21(20)25-19(26)12-11-14-16(23)8-6-9-17(14)24/h4-12H,2-3,13H2,1H3,(H,25,26)/b12-11+. The molecule has 4 nitrogen and oxygen atoms in total. The van der Waals surface area contributed by atoms with Gasteiger partial charge in [-0.2, -0.15) is 0 Å². The Hall–Kier alpha value is -2.34. The number of rotatable bonds is 7. The van der Waals surface area contributed by atoms with Crippen LogP contribution in [0, 0.1) is 0 Å². The molecule has 29 heavy (non-hydrogen) atoms. The lowest BCUT2D eigenvalue weighted by Crippen LogP contribution is -2.12. The van der Waals surface area contributed by atoms with E-state index in [9.17, 15) is 9.59 Å². The number of unbranched alkanes of at least 4 members (excludes halogenated alkanes) is 1. The van der Waals surface area contributed by atoms with Crippen LogP contribution in [-0.4, -0.2) is 18.5 Å². The summed E-state index contributed by atoms with van der Waals surface area (Å²) in [5.41, 5.74) is 0.931. The Morgan fingerprint density at radius 3 is 2.55 bits per heavy atom. The molecule has 0 unspecified atom stereocenters. The maximum Gasteiger partial charge on any atom is 0.341 e. The average molecular weight is 448 g/mol. The highest BCUT2D eigenvalue weighted by molar-refractivity contribution is 7.23. The molecule has 1 amide bonds. The summed E-state index contributed by atoms with van der Waals surface area (Å²) < 4.78 is 6.27. The molecule has 0 aliphatic rings. The van der Waals surface area contributed by atoms with Gasteiger partial charge in [0, 0.05) is 31.8 Å². The molecule has 1 heterocycles. The number of nitrogens with one attached hydrogen (secondary N) is 1. The van der Waals surface area contributed by atoms with Crippen LogP contribution in [0.4, 0.5) is 5.00 Å². The number of benzene rings is 2. The van der Waals surface area contributed by atoms with Crippen molar-refractivity contribution in [3.8, 4) is 0 Å². The van der Waals surface area contributed by atoms with E-state index in [0.717, 1.165) is 22.9 Å². The molecule has 7 heteroatoms. The SMILES string of the molecule is CCCCOC(=O)c1c(NC(=O)/C=C/c2c(Cl)cccc2Cl)sc2ccccc12. The van der Waals surface area contributed by atoms with Gasteiger partial charge in [-0.3, -0.25) is 4.79 Å². The number of carbonyl (C=O) groups is 2. The number of carbonyl (C=O) groups excluding carboxylic acids is 2. The highest BCUT2D eigenvalue weighted by atomic mass is 35.5. The van der Waals surface area contributed by atoms with Crippen LogP contribution in [0.2, 0.25) is 10.0 Å². The van der Waals surface area contributed by atoms with Crippen LogP contribution < -0.4 is 5.32 Å². The van der Waals surface area contributed by atoms with Gasteiger partial charge in [0.2, 0.25) is 5.91 Å². The molecule has 0 saturated carbocycles. The van der Waals surface area contributed by atoms with Crippen LogP contribution in [0.3, 0.4) is 0 Å². The molecular formula is C22H19Cl2NO3S. The predicted molar refractivity (Wildman–Crippen MR) is 121 cm³/mol. The van der Waals surface area contributed by atoms with Gasteiger partial charge in [-0.1, -0.05) is 60.8 Å². The van der Waals surface area contributed by atoms with E-state index >= 15 is 0 Å². The Balaban J connectivity index is 1.85. The van der Waals surface area contributed by atoms with Crippen molar-refractivity contribution in [1.82, 2.24) is 0 Å². The zero-order chi connectivity index (χ0) is 20.8. The van der Waals surface area contributed by atoms with Crippen LogP contribution in [0.25, 0.3) is 16.2 Å². The molecule has 0 spiro atoms. The number of ether oxygens (including phenoxy) is 1. The van der Waals surface area contributed by atoms with Gasteiger partial charge in [0.05, 0.1) is 6.61 Å². The fourth-order valence-electron chi connectivity index (χ4n) is 2.70. The van der Waals surface area contributed by atoms with E-state index in [1.54, 1.807) is 24.3 Å². The Bertz CT molecular complexity index is 1050. The molecule has 0 aliphatic carbocycles. The Morgan fingerprint density at radius 1 is 1.10 bits per heavy atom. The highest BCUT2D eigenvalue weighted by Crippen LogP contribution is 2.36. The number of esters is 1. The maximum absolute atomic E-state index is 12.6. The molecular weight excluding hydrogens is 429 g/mol. The molecule has 3 aromatic rings. The second kappa shape index (κ2) is 9.92. The Kier molecular flexibility index (Phi) is 7.31. The van der Waals surface area contributed by atoms with E-state index in [1.165, 1.54) is 17.4 Å². The van der Waals surface area contributed by atoms with E-state index in [2.05, 4.69) is 5.32 Å².